The first-order valence-electron chi connectivity index (χ1n) is 6.72. The molecule has 4 rings (SSSR count). The minimum Gasteiger partial charge on any atom is -0.399 e. The van der Waals surface area contributed by atoms with Gasteiger partial charge in [-0.1, -0.05) is 40.8 Å². The van der Waals surface area contributed by atoms with Crippen LogP contribution in [0.4, 0.5) is 15.0 Å². The molecule has 23 heavy (non-hydrogen) atoms. The minimum absolute atomic E-state index is 0.00999. The maximum absolute atomic E-state index is 13.8. The molecule has 1 N–H and O–H groups in total. The van der Waals surface area contributed by atoms with E-state index in [2.05, 4.69) is 10.5 Å². The zero-order valence-corrected chi connectivity index (χ0v) is 12.4. The highest BCUT2D eigenvalue weighted by molar-refractivity contribution is 7.20. The number of fused-ring (bicyclic) bond motifs is 2. The van der Waals surface area contributed by atoms with Gasteiger partial charge in [0.1, 0.15) is 11.2 Å². The molecule has 5 nitrogen and oxygen atoms in total. The van der Waals surface area contributed by atoms with Gasteiger partial charge in [0.05, 0.1) is 0 Å². The second-order valence-corrected chi connectivity index (χ2v) is 5.81. The zero-order valence-electron chi connectivity index (χ0n) is 11.6. The van der Waals surface area contributed by atoms with Gasteiger partial charge in [0.2, 0.25) is 0 Å². The number of hydrogen-bond acceptors (Lipinski definition) is 5. The van der Waals surface area contributed by atoms with Gasteiger partial charge in [0, 0.05) is 10.8 Å². The normalized spacial score (nSPS) is 11.0. The SMILES string of the molecule is O=C(Nc1noc2cccc(F)c12)Oc1cc2ccccc2s1. The predicted molar refractivity (Wildman–Crippen MR) is 85.4 cm³/mol. The van der Waals surface area contributed by atoms with Crippen LogP contribution in [0.1, 0.15) is 0 Å². The molecule has 0 bridgehead atoms. The highest BCUT2D eigenvalue weighted by atomic mass is 32.1. The van der Waals surface area contributed by atoms with Crippen LogP contribution in [0.3, 0.4) is 0 Å². The van der Waals surface area contributed by atoms with Crippen LogP contribution in [0.15, 0.2) is 53.1 Å². The summed E-state index contributed by atoms with van der Waals surface area (Å²) in [6.45, 7) is 0. The molecule has 7 heteroatoms. The molecule has 1 amide bonds. The van der Waals surface area contributed by atoms with Crippen molar-refractivity contribution in [3.05, 3.63) is 54.3 Å². The van der Waals surface area contributed by atoms with E-state index in [0.29, 0.717) is 5.06 Å². The van der Waals surface area contributed by atoms with Gasteiger partial charge in [-0.3, -0.25) is 5.32 Å². The summed E-state index contributed by atoms with van der Waals surface area (Å²) in [6, 6.07) is 13.8. The van der Waals surface area contributed by atoms with Gasteiger partial charge in [-0.2, -0.15) is 0 Å². The zero-order chi connectivity index (χ0) is 15.8. The molecule has 114 valence electrons. The van der Waals surface area contributed by atoms with Crippen LogP contribution in [-0.2, 0) is 0 Å². The molecule has 0 spiro atoms. The third-order valence-corrected chi connectivity index (χ3v) is 4.26. The third-order valence-electron chi connectivity index (χ3n) is 3.26. The third kappa shape index (κ3) is 2.51. The van der Waals surface area contributed by atoms with Gasteiger partial charge in [-0.15, -0.1) is 0 Å². The van der Waals surface area contributed by atoms with Gasteiger partial charge in [-0.05, 0) is 23.6 Å². The fourth-order valence-corrected chi connectivity index (χ4v) is 3.17. The van der Waals surface area contributed by atoms with E-state index in [1.165, 1.54) is 23.5 Å². The van der Waals surface area contributed by atoms with Crippen molar-refractivity contribution in [2.24, 2.45) is 0 Å². The predicted octanol–water partition coefficient (Wildman–Crippen LogP) is 4.79. The summed E-state index contributed by atoms with van der Waals surface area (Å²) in [5.41, 5.74) is 0.252. The Morgan fingerprint density at radius 1 is 1.22 bits per heavy atom. The van der Waals surface area contributed by atoms with Crippen molar-refractivity contribution in [2.45, 2.75) is 0 Å². The summed E-state index contributed by atoms with van der Waals surface area (Å²) in [5.74, 6) is -0.537. The fraction of sp³-hybridized carbons (Fsp3) is 0. The summed E-state index contributed by atoms with van der Waals surface area (Å²) in [5, 5.41) is 7.59. The summed E-state index contributed by atoms with van der Waals surface area (Å²) in [6.07, 6.45) is -0.755. The van der Waals surface area contributed by atoms with E-state index in [1.54, 1.807) is 12.1 Å². The molecular weight excluding hydrogens is 319 g/mol. The summed E-state index contributed by atoms with van der Waals surface area (Å²) >= 11 is 1.34. The van der Waals surface area contributed by atoms with Crippen molar-refractivity contribution in [3.63, 3.8) is 0 Å². The number of carbonyl (C=O) groups is 1. The van der Waals surface area contributed by atoms with Gasteiger partial charge in [-0.25, -0.2) is 9.18 Å². The van der Waals surface area contributed by atoms with Crippen molar-refractivity contribution >= 4 is 44.3 Å². The monoisotopic (exact) mass is 328 g/mol. The van der Waals surface area contributed by atoms with E-state index in [1.807, 2.05) is 24.3 Å². The first kappa shape index (κ1) is 13.7. The number of thiophene rings is 1. The first-order valence-corrected chi connectivity index (χ1v) is 7.54. The number of hydrogen-bond donors (Lipinski definition) is 1. The Balaban J connectivity index is 1.57. The Hall–Kier alpha value is -2.93. The molecule has 0 saturated heterocycles. The van der Waals surface area contributed by atoms with Crippen molar-refractivity contribution in [1.82, 2.24) is 5.16 Å². The van der Waals surface area contributed by atoms with Crippen LogP contribution in [0.2, 0.25) is 0 Å². The molecule has 0 unspecified atom stereocenters. The van der Waals surface area contributed by atoms with Gasteiger partial charge < -0.3 is 9.26 Å². The lowest BCUT2D eigenvalue weighted by atomic mass is 10.2. The van der Waals surface area contributed by atoms with Crippen LogP contribution >= 0.6 is 11.3 Å². The van der Waals surface area contributed by atoms with Crippen LogP contribution in [-0.4, -0.2) is 11.2 Å². The summed E-state index contributed by atoms with van der Waals surface area (Å²) < 4.78 is 25.0. The highest BCUT2D eigenvalue weighted by Gasteiger charge is 2.16. The lowest BCUT2D eigenvalue weighted by Gasteiger charge is -2.01. The second-order valence-electron chi connectivity index (χ2n) is 4.76. The maximum atomic E-state index is 13.8. The lowest BCUT2D eigenvalue weighted by Crippen LogP contribution is -2.16. The Morgan fingerprint density at radius 3 is 2.96 bits per heavy atom. The van der Waals surface area contributed by atoms with Crippen LogP contribution < -0.4 is 10.1 Å². The highest BCUT2D eigenvalue weighted by Crippen LogP contribution is 2.32. The van der Waals surface area contributed by atoms with Crippen molar-refractivity contribution in [3.8, 4) is 5.06 Å². The molecule has 2 aromatic carbocycles. The van der Waals surface area contributed by atoms with E-state index in [4.69, 9.17) is 9.26 Å². The average Bonchev–Trinajstić information content (AvgIpc) is 3.11. The molecule has 0 aliphatic carbocycles. The van der Waals surface area contributed by atoms with E-state index >= 15 is 0 Å². The van der Waals surface area contributed by atoms with E-state index in [0.717, 1.165) is 10.1 Å². The standard InChI is InChI=1S/C16H9FN2O3S/c17-10-5-3-6-11-14(10)15(19-22-11)18-16(20)21-13-8-9-4-1-2-7-12(9)23-13/h1-8H,(H,18,19,20). The fourth-order valence-electron chi connectivity index (χ4n) is 2.26. The van der Waals surface area contributed by atoms with Crippen molar-refractivity contribution in [2.75, 3.05) is 5.32 Å². The van der Waals surface area contributed by atoms with Gasteiger partial charge >= 0.3 is 6.09 Å². The Morgan fingerprint density at radius 2 is 2.09 bits per heavy atom. The molecular formula is C16H9FN2O3S. The van der Waals surface area contributed by atoms with E-state index in [-0.39, 0.29) is 16.8 Å². The molecule has 2 aromatic heterocycles. The molecule has 2 heterocycles. The summed E-state index contributed by atoms with van der Waals surface area (Å²) in [4.78, 5) is 12.0. The van der Waals surface area contributed by atoms with E-state index in [9.17, 15) is 9.18 Å². The number of halogens is 1. The molecule has 0 aliphatic rings. The average molecular weight is 328 g/mol. The van der Waals surface area contributed by atoms with Crippen LogP contribution in [0.5, 0.6) is 5.06 Å². The number of anilines is 1. The quantitative estimate of drug-likeness (QED) is 0.574. The van der Waals surface area contributed by atoms with E-state index < -0.39 is 11.9 Å². The maximum Gasteiger partial charge on any atom is 0.419 e. The number of amides is 1. The van der Waals surface area contributed by atoms with Crippen molar-refractivity contribution in [1.29, 1.82) is 0 Å². The van der Waals surface area contributed by atoms with Gasteiger partial charge in [0.15, 0.2) is 16.5 Å². The Kier molecular flexibility index (Phi) is 3.20. The van der Waals surface area contributed by atoms with Crippen LogP contribution in [0, 0.1) is 5.82 Å². The number of nitrogens with one attached hydrogen (secondary N) is 1. The summed E-state index contributed by atoms with van der Waals surface area (Å²) in [7, 11) is 0. The molecule has 0 saturated carbocycles. The molecule has 0 radical (unpaired) electrons. The molecule has 4 aromatic rings. The van der Waals surface area contributed by atoms with Crippen molar-refractivity contribution < 1.29 is 18.4 Å². The number of rotatable bonds is 2. The number of nitrogens with zero attached hydrogens (tertiary/aromatic N) is 1. The number of aromatic nitrogens is 1. The number of benzene rings is 2. The first-order chi connectivity index (χ1) is 11.2. The van der Waals surface area contributed by atoms with Crippen LogP contribution in [0.25, 0.3) is 21.1 Å². The Bertz CT molecular complexity index is 991. The topological polar surface area (TPSA) is 64.4 Å². The smallest absolute Gasteiger partial charge is 0.399 e. The lowest BCUT2D eigenvalue weighted by molar-refractivity contribution is 0.216. The Labute approximate surface area is 133 Å². The number of ether oxygens (including phenoxy) is 1. The largest absolute Gasteiger partial charge is 0.419 e. The molecule has 0 atom stereocenters. The minimum atomic E-state index is -0.755. The van der Waals surface area contributed by atoms with Gasteiger partial charge in [0.25, 0.3) is 0 Å². The molecule has 0 aliphatic heterocycles. The number of carbonyl (C=O) groups excluding carboxylic acids is 1. The second kappa shape index (κ2) is 5.36. The molecule has 0 fully saturated rings.